The van der Waals surface area contributed by atoms with Crippen molar-refractivity contribution in [1.82, 2.24) is 9.97 Å². The molecule has 0 saturated carbocycles. The van der Waals surface area contributed by atoms with Crippen LogP contribution in [0.15, 0.2) is 23.0 Å². The van der Waals surface area contributed by atoms with Crippen LogP contribution in [0.4, 0.5) is 5.95 Å². The van der Waals surface area contributed by atoms with Crippen LogP contribution in [0.25, 0.3) is 10.9 Å². The maximum absolute atomic E-state index is 12.2. The molecule has 1 aliphatic rings. The highest BCUT2D eigenvalue weighted by molar-refractivity contribution is 5.80. The van der Waals surface area contributed by atoms with Crippen molar-refractivity contribution in [3.8, 4) is 5.75 Å². The molecule has 20 heavy (non-hydrogen) atoms. The summed E-state index contributed by atoms with van der Waals surface area (Å²) in [7, 11) is 1.58. The highest BCUT2D eigenvalue weighted by Crippen LogP contribution is 2.19. The molecule has 0 spiro atoms. The van der Waals surface area contributed by atoms with E-state index < -0.39 is 0 Å². The number of nitrogens with two attached hydrogens (primary N) is 1. The smallest absolute Gasteiger partial charge is 0.260 e. The summed E-state index contributed by atoms with van der Waals surface area (Å²) in [5.41, 5.74) is 6.49. The van der Waals surface area contributed by atoms with Gasteiger partial charge in [-0.05, 0) is 31.0 Å². The van der Waals surface area contributed by atoms with E-state index in [-0.39, 0.29) is 11.6 Å². The van der Waals surface area contributed by atoms with Crippen molar-refractivity contribution in [2.75, 3.05) is 25.1 Å². The van der Waals surface area contributed by atoms with Crippen LogP contribution in [0.3, 0.4) is 0 Å². The van der Waals surface area contributed by atoms with Crippen LogP contribution in [0.1, 0.15) is 12.8 Å². The van der Waals surface area contributed by atoms with Crippen molar-refractivity contribution in [3.63, 3.8) is 0 Å². The Kier molecular flexibility index (Phi) is 3.31. The predicted octanol–water partition coefficient (Wildman–Crippen LogP) is 0.859. The number of hydrogen-bond donors (Lipinski definition) is 2. The molecule has 1 aromatic heterocycles. The van der Waals surface area contributed by atoms with Gasteiger partial charge in [0.25, 0.3) is 5.56 Å². The molecule has 1 saturated heterocycles. The molecule has 0 unspecified atom stereocenters. The van der Waals surface area contributed by atoms with Gasteiger partial charge in [0.05, 0.1) is 18.0 Å². The van der Waals surface area contributed by atoms with Gasteiger partial charge < -0.3 is 15.4 Å². The van der Waals surface area contributed by atoms with Gasteiger partial charge in [0.2, 0.25) is 5.95 Å². The Bertz CT molecular complexity index is 682. The Hall–Kier alpha value is -2.08. The van der Waals surface area contributed by atoms with E-state index in [9.17, 15) is 4.79 Å². The van der Waals surface area contributed by atoms with E-state index in [1.54, 1.807) is 25.3 Å². The zero-order valence-electron chi connectivity index (χ0n) is 11.4. The minimum atomic E-state index is -0.150. The predicted molar refractivity (Wildman–Crippen MR) is 78.3 cm³/mol. The number of benzene rings is 1. The lowest BCUT2D eigenvalue weighted by atomic mass is 10.1. The number of H-pyrrole nitrogens is 1. The van der Waals surface area contributed by atoms with Gasteiger partial charge in [-0.2, -0.15) is 0 Å². The fourth-order valence-electron chi connectivity index (χ4n) is 2.58. The first kappa shape index (κ1) is 12.9. The van der Waals surface area contributed by atoms with Gasteiger partial charge in [-0.1, -0.05) is 0 Å². The maximum atomic E-state index is 12.2. The SMILES string of the molecule is COc1ccc2nc(N3CCC[C@@H](N)C3)[nH]c(=O)c2c1. The highest BCUT2D eigenvalue weighted by Gasteiger charge is 2.19. The third kappa shape index (κ3) is 2.34. The minimum Gasteiger partial charge on any atom is -0.497 e. The Morgan fingerprint density at radius 3 is 3.10 bits per heavy atom. The Morgan fingerprint density at radius 2 is 2.35 bits per heavy atom. The van der Waals surface area contributed by atoms with Crippen molar-refractivity contribution in [3.05, 3.63) is 28.6 Å². The number of anilines is 1. The molecule has 106 valence electrons. The Morgan fingerprint density at radius 1 is 1.50 bits per heavy atom. The van der Waals surface area contributed by atoms with E-state index >= 15 is 0 Å². The van der Waals surface area contributed by atoms with Crippen LogP contribution in [-0.4, -0.2) is 36.2 Å². The van der Waals surface area contributed by atoms with Crippen LogP contribution < -0.4 is 20.9 Å². The van der Waals surface area contributed by atoms with E-state index in [1.807, 2.05) is 4.90 Å². The van der Waals surface area contributed by atoms with Crippen molar-refractivity contribution in [2.45, 2.75) is 18.9 Å². The summed E-state index contributed by atoms with van der Waals surface area (Å²) in [5, 5.41) is 0.536. The van der Waals surface area contributed by atoms with Gasteiger partial charge in [0.15, 0.2) is 0 Å². The van der Waals surface area contributed by atoms with Gasteiger partial charge >= 0.3 is 0 Å². The summed E-state index contributed by atoms with van der Waals surface area (Å²) in [5.74, 6) is 1.25. The monoisotopic (exact) mass is 274 g/mol. The summed E-state index contributed by atoms with van der Waals surface area (Å²) in [4.78, 5) is 21.6. The zero-order chi connectivity index (χ0) is 14.1. The molecular formula is C14H18N4O2. The van der Waals surface area contributed by atoms with Crippen LogP contribution in [0.2, 0.25) is 0 Å². The molecule has 0 radical (unpaired) electrons. The highest BCUT2D eigenvalue weighted by atomic mass is 16.5. The van der Waals surface area contributed by atoms with Gasteiger partial charge in [-0.3, -0.25) is 9.78 Å². The van der Waals surface area contributed by atoms with Crippen molar-refractivity contribution in [1.29, 1.82) is 0 Å². The molecule has 1 fully saturated rings. The molecule has 6 nitrogen and oxygen atoms in total. The standard InChI is InChI=1S/C14H18N4O2/c1-20-10-4-5-12-11(7-10)13(19)17-14(16-12)18-6-2-3-9(15)8-18/h4-5,7,9H,2-3,6,8,15H2,1H3,(H,16,17,19)/t9-/m1/s1. The van der Waals surface area contributed by atoms with Crippen LogP contribution in [-0.2, 0) is 0 Å². The third-order valence-corrected chi connectivity index (χ3v) is 3.66. The molecule has 3 N–H and O–H groups in total. The first-order valence-corrected chi connectivity index (χ1v) is 6.76. The number of nitrogens with one attached hydrogen (secondary N) is 1. The fourth-order valence-corrected chi connectivity index (χ4v) is 2.58. The Labute approximate surface area is 116 Å². The Balaban J connectivity index is 2.03. The van der Waals surface area contributed by atoms with E-state index in [0.29, 0.717) is 22.6 Å². The second-order valence-electron chi connectivity index (χ2n) is 5.12. The topological polar surface area (TPSA) is 84.2 Å². The molecule has 0 aliphatic carbocycles. The van der Waals surface area contributed by atoms with Crippen LogP contribution in [0.5, 0.6) is 5.75 Å². The van der Waals surface area contributed by atoms with Gasteiger partial charge in [0.1, 0.15) is 5.75 Å². The molecule has 1 atom stereocenters. The summed E-state index contributed by atoms with van der Waals surface area (Å²) < 4.78 is 5.13. The van der Waals surface area contributed by atoms with E-state index in [2.05, 4.69) is 9.97 Å². The van der Waals surface area contributed by atoms with Crippen molar-refractivity contribution in [2.24, 2.45) is 5.73 Å². The number of hydrogen-bond acceptors (Lipinski definition) is 5. The lowest BCUT2D eigenvalue weighted by Crippen LogP contribution is -2.44. The number of aromatic nitrogens is 2. The van der Waals surface area contributed by atoms with E-state index in [4.69, 9.17) is 10.5 Å². The molecule has 2 heterocycles. The molecule has 6 heteroatoms. The molecule has 1 aromatic carbocycles. The third-order valence-electron chi connectivity index (χ3n) is 3.66. The molecule has 3 rings (SSSR count). The lowest BCUT2D eigenvalue weighted by Gasteiger charge is -2.31. The number of aromatic amines is 1. The van der Waals surface area contributed by atoms with Gasteiger partial charge in [0, 0.05) is 19.1 Å². The number of fused-ring (bicyclic) bond motifs is 1. The molecule has 0 bridgehead atoms. The van der Waals surface area contributed by atoms with Crippen LogP contribution >= 0.6 is 0 Å². The second-order valence-corrected chi connectivity index (χ2v) is 5.12. The largest absolute Gasteiger partial charge is 0.497 e. The van der Waals surface area contributed by atoms with Crippen molar-refractivity contribution >= 4 is 16.9 Å². The van der Waals surface area contributed by atoms with E-state index in [0.717, 1.165) is 25.9 Å². The number of rotatable bonds is 2. The molecule has 2 aromatic rings. The number of piperidine rings is 1. The van der Waals surface area contributed by atoms with Gasteiger partial charge in [-0.15, -0.1) is 0 Å². The first-order chi connectivity index (χ1) is 9.67. The maximum Gasteiger partial charge on any atom is 0.260 e. The lowest BCUT2D eigenvalue weighted by molar-refractivity contribution is 0.415. The minimum absolute atomic E-state index is 0.139. The second kappa shape index (κ2) is 5.13. The molecular weight excluding hydrogens is 256 g/mol. The molecule has 0 amide bonds. The first-order valence-electron chi connectivity index (χ1n) is 6.76. The normalized spacial score (nSPS) is 19.3. The zero-order valence-corrected chi connectivity index (χ0v) is 11.4. The number of nitrogens with zero attached hydrogens (tertiary/aromatic N) is 2. The average Bonchev–Trinajstić information content (AvgIpc) is 2.47. The fraction of sp³-hybridized carbons (Fsp3) is 0.429. The summed E-state index contributed by atoms with van der Waals surface area (Å²) in [6.07, 6.45) is 2.04. The number of ether oxygens (including phenoxy) is 1. The van der Waals surface area contributed by atoms with Crippen LogP contribution in [0, 0.1) is 0 Å². The van der Waals surface area contributed by atoms with Crippen molar-refractivity contribution < 1.29 is 4.74 Å². The quantitative estimate of drug-likeness (QED) is 0.848. The van der Waals surface area contributed by atoms with E-state index in [1.165, 1.54) is 0 Å². The summed E-state index contributed by atoms with van der Waals surface area (Å²) in [6.45, 7) is 1.60. The summed E-state index contributed by atoms with van der Waals surface area (Å²) in [6, 6.07) is 5.45. The summed E-state index contributed by atoms with van der Waals surface area (Å²) >= 11 is 0. The van der Waals surface area contributed by atoms with Gasteiger partial charge in [-0.25, -0.2) is 4.98 Å². The molecule has 1 aliphatic heterocycles. The average molecular weight is 274 g/mol. The number of methoxy groups -OCH3 is 1.